The number of carbonyl (C=O) groups excluding carboxylic acids is 1. The number of hydrogen-bond donors (Lipinski definition) is 2. The predicted molar refractivity (Wildman–Crippen MR) is 123 cm³/mol. The fraction of sp³-hybridized carbons (Fsp3) is 0.167. The molecule has 1 aliphatic heterocycles. The van der Waals surface area contributed by atoms with Crippen molar-refractivity contribution < 1.29 is 13.9 Å². The van der Waals surface area contributed by atoms with Crippen molar-refractivity contribution in [3.8, 4) is 17.1 Å². The molecule has 0 spiro atoms. The molecule has 5 rings (SSSR count). The van der Waals surface area contributed by atoms with E-state index in [4.69, 9.17) is 14.3 Å². The Hall–Kier alpha value is -4.40. The topological polar surface area (TPSA) is 107 Å². The third kappa shape index (κ3) is 3.84. The van der Waals surface area contributed by atoms with Crippen molar-refractivity contribution in [3.63, 3.8) is 0 Å². The van der Waals surface area contributed by atoms with Crippen LogP contribution in [0.25, 0.3) is 11.4 Å². The van der Waals surface area contributed by atoms with Gasteiger partial charge >= 0.3 is 0 Å². The van der Waals surface area contributed by atoms with E-state index in [9.17, 15) is 4.79 Å². The lowest BCUT2D eigenvalue weighted by Crippen LogP contribution is -2.31. The number of hydrogen-bond acceptors (Lipinski definition) is 7. The zero-order valence-corrected chi connectivity index (χ0v) is 18.4. The number of fused-ring (bicyclic) bond motifs is 1. The summed E-state index contributed by atoms with van der Waals surface area (Å²) in [5, 5.41) is 10.9. The first-order valence-electron chi connectivity index (χ1n) is 10.4. The van der Waals surface area contributed by atoms with Crippen molar-refractivity contribution in [1.29, 1.82) is 0 Å². The van der Waals surface area contributed by atoms with E-state index in [-0.39, 0.29) is 5.91 Å². The minimum absolute atomic E-state index is 0.279. The van der Waals surface area contributed by atoms with Gasteiger partial charge in [-0.05, 0) is 62.4 Å². The highest BCUT2D eigenvalue weighted by atomic mass is 16.5. The van der Waals surface area contributed by atoms with E-state index in [0.29, 0.717) is 34.5 Å². The Morgan fingerprint density at radius 2 is 1.97 bits per heavy atom. The highest BCUT2D eigenvalue weighted by Gasteiger charge is 2.36. The monoisotopic (exact) mass is 442 g/mol. The molecular formula is C24H22N6O3. The van der Waals surface area contributed by atoms with Crippen LogP contribution in [0.5, 0.6) is 5.75 Å². The molecule has 0 aliphatic carbocycles. The van der Waals surface area contributed by atoms with E-state index in [2.05, 4.69) is 20.6 Å². The summed E-state index contributed by atoms with van der Waals surface area (Å²) in [6, 6.07) is 14.2. The number of aryl methyl sites for hydroxylation is 1. The molecule has 0 fully saturated rings. The van der Waals surface area contributed by atoms with Crippen molar-refractivity contribution >= 4 is 17.5 Å². The largest absolute Gasteiger partial charge is 0.497 e. The molecule has 1 atom stereocenters. The quantitative estimate of drug-likeness (QED) is 0.477. The average molecular weight is 442 g/mol. The number of aromatic nitrogens is 4. The lowest BCUT2D eigenvalue weighted by atomic mass is 10.00. The number of benzene rings is 1. The van der Waals surface area contributed by atoms with E-state index in [1.807, 2.05) is 50.2 Å². The Labute approximate surface area is 190 Å². The molecule has 4 heterocycles. The average Bonchev–Trinajstić information content (AvgIpc) is 3.45. The van der Waals surface area contributed by atoms with Crippen LogP contribution in [-0.2, 0) is 4.79 Å². The summed E-state index contributed by atoms with van der Waals surface area (Å²) in [4.78, 5) is 22.1. The van der Waals surface area contributed by atoms with Crippen LogP contribution in [0.2, 0.25) is 0 Å². The molecule has 166 valence electrons. The summed E-state index contributed by atoms with van der Waals surface area (Å²) >= 11 is 0. The number of nitrogens with zero attached hydrogens (tertiary/aromatic N) is 4. The predicted octanol–water partition coefficient (Wildman–Crippen LogP) is 4.18. The molecule has 0 saturated carbocycles. The van der Waals surface area contributed by atoms with Crippen molar-refractivity contribution in [2.45, 2.75) is 19.9 Å². The number of furan rings is 1. The van der Waals surface area contributed by atoms with E-state index in [1.165, 1.54) is 0 Å². The molecule has 9 nitrogen and oxygen atoms in total. The first-order chi connectivity index (χ1) is 16.0. The normalized spacial score (nSPS) is 15.1. The molecule has 2 N–H and O–H groups in total. The van der Waals surface area contributed by atoms with Gasteiger partial charge in [-0.15, -0.1) is 5.10 Å². The molecule has 9 heteroatoms. The van der Waals surface area contributed by atoms with Gasteiger partial charge < -0.3 is 19.8 Å². The van der Waals surface area contributed by atoms with Gasteiger partial charge in [0.25, 0.3) is 5.91 Å². The number of ether oxygens (including phenoxy) is 1. The second kappa shape index (κ2) is 8.27. The summed E-state index contributed by atoms with van der Waals surface area (Å²) in [6.45, 7) is 3.70. The Kier molecular flexibility index (Phi) is 5.14. The van der Waals surface area contributed by atoms with Gasteiger partial charge in [-0.3, -0.25) is 9.78 Å². The standard InChI is InChI=1S/C24H22N6O3/c1-14-6-11-19(33-14)21-20(23(31)27-17-5-4-12-25-13-17)15(2)26-24-28-22(29-30(21)24)16-7-9-18(32-3)10-8-16/h4-13,21H,1-3H3,(H,27,31)(H,26,28,29). The first kappa shape index (κ1) is 20.5. The van der Waals surface area contributed by atoms with Crippen LogP contribution in [0.15, 0.2) is 76.6 Å². The van der Waals surface area contributed by atoms with Gasteiger partial charge in [-0.2, -0.15) is 4.98 Å². The molecule has 3 aromatic heterocycles. The van der Waals surface area contributed by atoms with E-state index >= 15 is 0 Å². The van der Waals surface area contributed by atoms with Crippen molar-refractivity contribution in [2.75, 3.05) is 17.7 Å². The van der Waals surface area contributed by atoms with Crippen LogP contribution < -0.4 is 15.4 Å². The third-order valence-electron chi connectivity index (χ3n) is 5.40. The summed E-state index contributed by atoms with van der Waals surface area (Å²) in [7, 11) is 1.62. The van der Waals surface area contributed by atoms with Gasteiger partial charge in [0.05, 0.1) is 24.6 Å². The number of pyridine rings is 1. The van der Waals surface area contributed by atoms with Crippen LogP contribution in [-0.4, -0.2) is 32.8 Å². The Balaban J connectivity index is 1.57. The second-order valence-corrected chi connectivity index (χ2v) is 7.64. The van der Waals surface area contributed by atoms with E-state index in [0.717, 1.165) is 17.1 Å². The maximum atomic E-state index is 13.4. The van der Waals surface area contributed by atoms with Gasteiger partial charge in [-0.25, -0.2) is 4.68 Å². The molecular weight excluding hydrogens is 420 g/mol. The highest BCUT2D eigenvalue weighted by Crippen LogP contribution is 2.37. The van der Waals surface area contributed by atoms with Crippen LogP contribution in [0, 0.1) is 6.92 Å². The van der Waals surface area contributed by atoms with Crippen LogP contribution >= 0.6 is 0 Å². The molecule has 0 radical (unpaired) electrons. The molecule has 0 saturated heterocycles. The minimum Gasteiger partial charge on any atom is -0.497 e. The van der Waals surface area contributed by atoms with E-state index < -0.39 is 6.04 Å². The van der Waals surface area contributed by atoms with Crippen molar-refractivity contribution in [1.82, 2.24) is 19.7 Å². The number of rotatable bonds is 5. The number of nitrogens with one attached hydrogen (secondary N) is 2. The molecule has 1 aliphatic rings. The summed E-state index contributed by atoms with van der Waals surface area (Å²) in [5.41, 5.74) is 2.57. The summed E-state index contributed by atoms with van der Waals surface area (Å²) < 4.78 is 12.9. The van der Waals surface area contributed by atoms with Gasteiger partial charge in [0, 0.05) is 17.5 Å². The number of anilines is 2. The second-order valence-electron chi connectivity index (χ2n) is 7.64. The fourth-order valence-electron chi connectivity index (χ4n) is 3.81. The number of methoxy groups -OCH3 is 1. The summed E-state index contributed by atoms with van der Waals surface area (Å²) in [5.74, 6) is 2.85. The van der Waals surface area contributed by atoms with E-state index in [1.54, 1.807) is 36.3 Å². The molecule has 4 aromatic rings. The highest BCUT2D eigenvalue weighted by molar-refractivity contribution is 6.05. The van der Waals surface area contributed by atoms with Crippen molar-refractivity contribution in [2.24, 2.45) is 0 Å². The van der Waals surface area contributed by atoms with Crippen LogP contribution in [0.1, 0.15) is 24.5 Å². The molecule has 0 bridgehead atoms. The first-order valence-corrected chi connectivity index (χ1v) is 10.4. The minimum atomic E-state index is -0.592. The van der Waals surface area contributed by atoms with Gasteiger partial charge in [0.1, 0.15) is 23.3 Å². The molecule has 33 heavy (non-hydrogen) atoms. The van der Waals surface area contributed by atoms with Crippen LogP contribution in [0.3, 0.4) is 0 Å². The van der Waals surface area contributed by atoms with Gasteiger partial charge in [0.2, 0.25) is 5.95 Å². The number of carbonyl (C=O) groups is 1. The third-order valence-corrected chi connectivity index (χ3v) is 5.40. The lowest BCUT2D eigenvalue weighted by molar-refractivity contribution is -0.113. The maximum absolute atomic E-state index is 13.4. The molecule has 1 unspecified atom stereocenters. The van der Waals surface area contributed by atoms with Gasteiger partial charge in [0.15, 0.2) is 5.82 Å². The number of allylic oxidation sites excluding steroid dienone is 1. The Morgan fingerprint density at radius 1 is 1.15 bits per heavy atom. The zero-order chi connectivity index (χ0) is 22.9. The van der Waals surface area contributed by atoms with Crippen LogP contribution in [0.4, 0.5) is 11.6 Å². The Bertz CT molecular complexity index is 1340. The SMILES string of the molecule is COc1ccc(-c2nc3n(n2)C(c2ccc(C)o2)C(C(=O)Nc2cccnc2)=C(C)N3)cc1. The number of amides is 1. The maximum Gasteiger partial charge on any atom is 0.256 e. The Morgan fingerprint density at radius 3 is 2.64 bits per heavy atom. The molecule has 1 amide bonds. The molecule has 1 aromatic carbocycles. The van der Waals surface area contributed by atoms with Crippen molar-refractivity contribution in [3.05, 3.63) is 83.7 Å². The fourth-order valence-corrected chi connectivity index (χ4v) is 3.81. The smallest absolute Gasteiger partial charge is 0.256 e. The summed E-state index contributed by atoms with van der Waals surface area (Å²) in [6.07, 6.45) is 3.25. The van der Waals surface area contributed by atoms with Gasteiger partial charge in [-0.1, -0.05) is 0 Å². The lowest BCUT2D eigenvalue weighted by Gasteiger charge is -2.27. The zero-order valence-electron chi connectivity index (χ0n) is 18.4.